The third kappa shape index (κ3) is 2.32. The van der Waals surface area contributed by atoms with Crippen LogP contribution in [0.5, 0.6) is 0 Å². The van der Waals surface area contributed by atoms with Gasteiger partial charge >= 0.3 is 0 Å². The number of aliphatic hydroxyl groups excluding tert-OH is 2. The van der Waals surface area contributed by atoms with Gasteiger partial charge in [0, 0.05) is 0 Å². The van der Waals surface area contributed by atoms with Crippen LogP contribution in [0.25, 0.3) is 0 Å². The highest BCUT2D eigenvalue weighted by Crippen LogP contribution is 2.63. The van der Waals surface area contributed by atoms with Crippen molar-refractivity contribution < 1.29 is 24.9 Å². The molecule has 0 aromatic rings. The number of carbonyl (C=O) groups is 1. The Morgan fingerprint density at radius 1 is 1.28 bits per heavy atom. The molecule has 3 N–H and O–H groups in total. The summed E-state index contributed by atoms with van der Waals surface area (Å²) in [6.07, 6.45) is 1.86. The number of carbonyl (C=O) groups excluding carboxylic acids is 1. The van der Waals surface area contributed by atoms with Crippen LogP contribution in [0.4, 0.5) is 0 Å². The number of ether oxygens (including phenoxy) is 1. The molecule has 4 rings (SSSR count). The van der Waals surface area contributed by atoms with Gasteiger partial charge in [0.05, 0.1) is 24.7 Å². The number of fused-ring (bicyclic) bond motifs is 2. The van der Waals surface area contributed by atoms with Gasteiger partial charge in [-0.3, -0.25) is 4.79 Å². The lowest BCUT2D eigenvalue weighted by atomic mass is 9.75. The van der Waals surface area contributed by atoms with Gasteiger partial charge in [0.2, 0.25) is 0 Å². The van der Waals surface area contributed by atoms with Crippen molar-refractivity contribution in [2.24, 2.45) is 29.1 Å². The summed E-state index contributed by atoms with van der Waals surface area (Å²) < 4.78 is 5.66. The fourth-order valence-corrected chi connectivity index (χ4v) is 5.71. The molecule has 4 aliphatic rings. The zero-order chi connectivity index (χ0) is 18.4. The summed E-state index contributed by atoms with van der Waals surface area (Å²) >= 11 is 0. The molecule has 6 unspecified atom stereocenters. The van der Waals surface area contributed by atoms with E-state index >= 15 is 0 Å². The molecule has 0 amide bonds. The van der Waals surface area contributed by atoms with E-state index in [2.05, 4.69) is 13.8 Å². The molecule has 1 saturated heterocycles. The molecule has 3 aliphatic carbocycles. The van der Waals surface area contributed by atoms with Gasteiger partial charge in [0.15, 0.2) is 5.78 Å². The van der Waals surface area contributed by atoms with Crippen LogP contribution in [0, 0.1) is 29.1 Å². The van der Waals surface area contributed by atoms with E-state index in [1.165, 1.54) is 0 Å². The SMILES string of the molecule is CC1=CC2C(CC[C@@]3(CO3)C(O)C3C(O)C(C)C[C@]3(O)C1=O)C2(C)C. The van der Waals surface area contributed by atoms with Crippen LogP contribution >= 0.6 is 0 Å². The lowest BCUT2D eigenvalue weighted by molar-refractivity contribution is -0.150. The molecular formula is C20H30O5. The topological polar surface area (TPSA) is 90.3 Å². The van der Waals surface area contributed by atoms with E-state index in [0.717, 1.165) is 6.42 Å². The van der Waals surface area contributed by atoms with Gasteiger partial charge in [0.1, 0.15) is 11.2 Å². The number of allylic oxidation sites excluding steroid dienone is 1. The summed E-state index contributed by atoms with van der Waals surface area (Å²) in [5.74, 6) is -0.721. The standard InChI is InChI=1S/C20H30O5/c1-10-7-13-12(18(13,3)4)5-6-19(9-25-19)17(23)14-15(21)11(2)8-20(14,24)16(10)22/h7,11-15,17,21,23-24H,5-6,8-9H2,1-4H3/t11?,12?,13?,14?,15?,17?,19-,20-/m1/s1. The van der Waals surface area contributed by atoms with Gasteiger partial charge in [-0.15, -0.1) is 0 Å². The van der Waals surface area contributed by atoms with Crippen molar-refractivity contribution in [1.82, 2.24) is 0 Å². The predicted molar refractivity (Wildman–Crippen MR) is 91.7 cm³/mol. The Bertz CT molecular complexity index is 634. The van der Waals surface area contributed by atoms with E-state index in [4.69, 9.17) is 4.74 Å². The van der Waals surface area contributed by atoms with Crippen molar-refractivity contribution in [3.63, 3.8) is 0 Å². The maximum Gasteiger partial charge on any atom is 0.190 e. The first kappa shape index (κ1) is 17.7. The highest BCUT2D eigenvalue weighted by Gasteiger charge is 2.66. The second-order valence-electron chi connectivity index (χ2n) is 9.59. The Balaban J connectivity index is 1.78. The first-order valence-corrected chi connectivity index (χ1v) is 9.50. The lowest BCUT2D eigenvalue weighted by Gasteiger charge is -2.36. The number of epoxide rings is 1. The molecule has 1 spiro atoms. The van der Waals surface area contributed by atoms with Crippen LogP contribution in [0.2, 0.25) is 0 Å². The second-order valence-corrected chi connectivity index (χ2v) is 9.59. The van der Waals surface area contributed by atoms with Crippen molar-refractivity contribution in [2.45, 2.75) is 70.4 Å². The molecule has 25 heavy (non-hydrogen) atoms. The number of hydrogen-bond acceptors (Lipinski definition) is 5. The summed E-state index contributed by atoms with van der Waals surface area (Å²) in [5, 5.41) is 33.0. The Morgan fingerprint density at radius 3 is 2.52 bits per heavy atom. The molecule has 2 saturated carbocycles. The van der Waals surface area contributed by atoms with Crippen LogP contribution in [-0.4, -0.2) is 51.1 Å². The molecule has 0 aromatic carbocycles. The average Bonchev–Trinajstić information content (AvgIpc) is 3.39. The van der Waals surface area contributed by atoms with Crippen LogP contribution in [0.3, 0.4) is 0 Å². The molecule has 0 radical (unpaired) electrons. The van der Waals surface area contributed by atoms with Gasteiger partial charge in [0.25, 0.3) is 0 Å². The molecule has 5 nitrogen and oxygen atoms in total. The molecule has 1 heterocycles. The molecule has 0 aromatic heterocycles. The van der Waals surface area contributed by atoms with E-state index < -0.39 is 29.3 Å². The zero-order valence-corrected chi connectivity index (χ0v) is 15.5. The summed E-state index contributed by atoms with van der Waals surface area (Å²) in [6, 6.07) is 0. The van der Waals surface area contributed by atoms with Crippen molar-refractivity contribution in [1.29, 1.82) is 0 Å². The lowest BCUT2D eigenvalue weighted by Crippen LogP contribution is -2.54. The maximum absolute atomic E-state index is 13.1. The Morgan fingerprint density at radius 2 is 1.92 bits per heavy atom. The third-order valence-corrected chi connectivity index (χ3v) is 7.73. The largest absolute Gasteiger partial charge is 0.392 e. The molecule has 3 fully saturated rings. The first-order chi connectivity index (χ1) is 11.5. The monoisotopic (exact) mass is 350 g/mol. The van der Waals surface area contributed by atoms with Gasteiger partial charge in [-0.05, 0) is 54.9 Å². The van der Waals surface area contributed by atoms with Gasteiger partial charge in [-0.25, -0.2) is 0 Å². The Hall–Kier alpha value is -0.750. The van der Waals surface area contributed by atoms with E-state index in [1.54, 1.807) is 6.92 Å². The fraction of sp³-hybridized carbons (Fsp3) is 0.850. The molecule has 8 atom stereocenters. The molecule has 0 bridgehead atoms. The number of hydrogen-bond donors (Lipinski definition) is 3. The zero-order valence-electron chi connectivity index (χ0n) is 15.5. The molecule has 1 aliphatic heterocycles. The van der Waals surface area contributed by atoms with Gasteiger partial charge in [-0.1, -0.05) is 26.8 Å². The summed E-state index contributed by atoms with van der Waals surface area (Å²) in [6.45, 7) is 8.42. The van der Waals surface area contributed by atoms with Crippen LogP contribution < -0.4 is 0 Å². The first-order valence-electron chi connectivity index (χ1n) is 9.50. The highest BCUT2D eigenvalue weighted by atomic mass is 16.6. The molecule has 5 heteroatoms. The number of rotatable bonds is 0. The van der Waals surface area contributed by atoms with Crippen LogP contribution in [0.1, 0.15) is 47.0 Å². The number of ketones is 1. The van der Waals surface area contributed by atoms with E-state index in [1.807, 2.05) is 13.0 Å². The number of aliphatic hydroxyl groups is 3. The smallest absolute Gasteiger partial charge is 0.190 e. The molecular weight excluding hydrogens is 320 g/mol. The normalized spacial score (nSPS) is 54.4. The van der Waals surface area contributed by atoms with Gasteiger partial charge in [-0.2, -0.15) is 0 Å². The fourth-order valence-electron chi connectivity index (χ4n) is 5.71. The minimum absolute atomic E-state index is 0.131. The highest BCUT2D eigenvalue weighted by molar-refractivity contribution is 6.02. The Labute approximate surface area is 149 Å². The average molecular weight is 350 g/mol. The minimum atomic E-state index is -1.73. The van der Waals surface area contributed by atoms with E-state index in [-0.39, 0.29) is 23.5 Å². The van der Waals surface area contributed by atoms with Crippen LogP contribution in [0.15, 0.2) is 11.6 Å². The quantitative estimate of drug-likeness (QED) is 0.575. The summed E-state index contributed by atoms with van der Waals surface area (Å²) in [7, 11) is 0. The summed E-state index contributed by atoms with van der Waals surface area (Å²) in [5.41, 5.74) is -1.76. The second kappa shape index (κ2) is 5.16. The van der Waals surface area contributed by atoms with Crippen molar-refractivity contribution in [3.05, 3.63) is 11.6 Å². The minimum Gasteiger partial charge on any atom is -0.392 e. The molecule has 140 valence electrons. The van der Waals surface area contributed by atoms with Crippen molar-refractivity contribution in [2.75, 3.05) is 6.61 Å². The summed E-state index contributed by atoms with van der Waals surface area (Å²) in [4.78, 5) is 13.1. The van der Waals surface area contributed by atoms with Crippen molar-refractivity contribution in [3.8, 4) is 0 Å². The maximum atomic E-state index is 13.1. The van der Waals surface area contributed by atoms with Gasteiger partial charge < -0.3 is 20.1 Å². The van der Waals surface area contributed by atoms with E-state index in [9.17, 15) is 20.1 Å². The number of Topliss-reactive ketones (excluding diaryl/α,β-unsaturated/α-hetero) is 1. The predicted octanol–water partition coefficient (Wildman–Crippen LogP) is 1.45. The van der Waals surface area contributed by atoms with Crippen LogP contribution in [-0.2, 0) is 9.53 Å². The van der Waals surface area contributed by atoms with Crippen molar-refractivity contribution >= 4 is 5.78 Å². The van der Waals surface area contributed by atoms with E-state index in [0.29, 0.717) is 30.4 Å². The Kier molecular flexibility index (Phi) is 3.64. The third-order valence-electron chi connectivity index (χ3n) is 7.73.